The van der Waals surface area contributed by atoms with Crippen molar-refractivity contribution in [3.8, 4) is 11.5 Å². The Kier molecular flexibility index (Phi) is 8.10. The van der Waals surface area contributed by atoms with Crippen LogP contribution in [0.1, 0.15) is 22.6 Å². The van der Waals surface area contributed by atoms with E-state index in [4.69, 9.17) is 9.47 Å². The number of nitrogens with zero attached hydrogens (tertiary/aromatic N) is 2. The van der Waals surface area contributed by atoms with Crippen LogP contribution in [0.2, 0.25) is 0 Å². The van der Waals surface area contributed by atoms with Gasteiger partial charge >= 0.3 is 0 Å². The maximum absolute atomic E-state index is 12.8. The SMILES string of the molecule is C=CCc1cc(CNC(=O)[C@H]2CNC[C@@H]2c2cnn(C)c2)cc(OC)c1OC.Cl. The predicted molar refractivity (Wildman–Crippen MR) is 115 cm³/mol. The van der Waals surface area contributed by atoms with Gasteiger partial charge in [-0.25, -0.2) is 0 Å². The highest BCUT2D eigenvalue weighted by Crippen LogP contribution is 2.33. The van der Waals surface area contributed by atoms with E-state index in [9.17, 15) is 4.79 Å². The first-order chi connectivity index (χ1) is 13.6. The molecule has 1 aromatic heterocycles. The third kappa shape index (κ3) is 5.10. The molecule has 0 spiro atoms. The minimum absolute atomic E-state index is 0. The molecule has 1 aliphatic rings. The Hall–Kier alpha value is -2.51. The summed E-state index contributed by atoms with van der Waals surface area (Å²) in [5, 5.41) is 10.6. The van der Waals surface area contributed by atoms with Gasteiger partial charge in [0, 0.05) is 44.4 Å². The average molecular weight is 421 g/mol. The number of aromatic nitrogens is 2. The fourth-order valence-electron chi connectivity index (χ4n) is 3.77. The molecule has 0 bridgehead atoms. The van der Waals surface area contributed by atoms with E-state index in [0.29, 0.717) is 31.0 Å². The second-order valence-electron chi connectivity index (χ2n) is 7.02. The van der Waals surface area contributed by atoms with Crippen LogP contribution in [0, 0.1) is 5.92 Å². The minimum atomic E-state index is -0.114. The first-order valence-electron chi connectivity index (χ1n) is 9.39. The van der Waals surface area contributed by atoms with Gasteiger partial charge in [-0.05, 0) is 29.7 Å². The highest BCUT2D eigenvalue weighted by Gasteiger charge is 2.34. The number of benzene rings is 1. The number of amides is 1. The maximum atomic E-state index is 12.8. The van der Waals surface area contributed by atoms with Gasteiger partial charge in [-0.2, -0.15) is 5.10 Å². The Balaban J connectivity index is 0.00000300. The Morgan fingerprint density at radius 2 is 2.17 bits per heavy atom. The number of halogens is 1. The fourth-order valence-corrected chi connectivity index (χ4v) is 3.77. The molecule has 1 aromatic carbocycles. The summed E-state index contributed by atoms with van der Waals surface area (Å²) >= 11 is 0. The molecule has 2 heterocycles. The fraction of sp³-hybridized carbons (Fsp3) is 0.429. The number of carbonyl (C=O) groups excluding carboxylic acids is 1. The van der Waals surface area contributed by atoms with E-state index in [1.807, 2.05) is 37.7 Å². The van der Waals surface area contributed by atoms with Crippen LogP contribution in [-0.4, -0.2) is 43.0 Å². The molecule has 0 radical (unpaired) electrons. The summed E-state index contributed by atoms with van der Waals surface area (Å²) in [5.74, 6) is 1.42. The van der Waals surface area contributed by atoms with E-state index in [2.05, 4.69) is 22.3 Å². The quantitative estimate of drug-likeness (QED) is 0.640. The molecule has 2 N–H and O–H groups in total. The molecule has 1 saturated heterocycles. The van der Waals surface area contributed by atoms with Gasteiger partial charge in [-0.15, -0.1) is 19.0 Å². The van der Waals surface area contributed by atoms with Crippen molar-refractivity contribution < 1.29 is 14.3 Å². The lowest BCUT2D eigenvalue weighted by Crippen LogP contribution is -2.34. The number of allylic oxidation sites excluding steroid dienone is 1. The van der Waals surface area contributed by atoms with Gasteiger partial charge in [0.05, 0.1) is 26.3 Å². The molecule has 0 saturated carbocycles. The molecular formula is C21H29ClN4O3. The highest BCUT2D eigenvalue weighted by atomic mass is 35.5. The van der Waals surface area contributed by atoms with Crippen molar-refractivity contribution in [1.82, 2.24) is 20.4 Å². The lowest BCUT2D eigenvalue weighted by atomic mass is 9.90. The van der Waals surface area contributed by atoms with Crippen LogP contribution in [0.15, 0.2) is 37.2 Å². The molecule has 29 heavy (non-hydrogen) atoms. The number of rotatable bonds is 8. The zero-order chi connectivity index (χ0) is 20.1. The Labute approximate surface area is 177 Å². The second kappa shape index (κ2) is 10.3. The Bertz CT molecular complexity index is 852. The molecular weight excluding hydrogens is 392 g/mol. The van der Waals surface area contributed by atoms with Gasteiger partial charge in [-0.3, -0.25) is 9.48 Å². The lowest BCUT2D eigenvalue weighted by molar-refractivity contribution is -0.125. The maximum Gasteiger partial charge on any atom is 0.225 e. The second-order valence-corrected chi connectivity index (χ2v) is 7.02. The molecule has 0 unspecified atom stereocenters. The van der Waals surface area contributed by atoms with Crippen molar-refractivity contribution in [3.05, 3.63) is 53.9 Å². The minimum Gasteiger partial charge on any atom is -0.493 e. The van der Waals surface area contributed by atoms with Crippen molar-refractivity contribution in [1.29, 1.82) is 0 Å². The molecule has 3 rings (SSSR count). The predicted octanol–water partition coefficient (Wildman–Crippen LogP) is 2.21. The van der Waals surface area contributed by atoms with Crippen molar-refractivity contribution in [2.45, 2.75) is 18.9 Å². The first kappa shape index (κ1) is 22.8. The summed E-state index contributed by atoms with van der Waals surface area (Å²) in [4.78, 5) is 12.8. The zero-order valence-corrected chi connectivity index (χ0v) is 17.9. The number of hydrogen-bond acceptors (Lipinski definition) is 5. The molecule has 7 nitrogen and oxygen atoms in total. The Morgan fingerprint density at radius 3 is 2.79 bits per heavy atom. The first-order valence-corrected chi connectivity index (χ1v) is 9.39. The molecule has 2 atom stereocenters. The number of nitrogens with one attached hydrogen (secondary N) is 2. The van der Waals surface area contributed by atoms with Crippen LogP contribution < -0.4 is 20.1 Å². The van der Waals surface area contributed by atoms with Crippen LogP contribution in [0.25, 0.3) is 0 Å². The van der Waals surface area contributed by atoms with E-state index in [0.717, 1.165) is 23.2 Å². The normalized spacial score (nSPS) is 18.0. The third-order valence-electron chi connectivity index (χ3n) is 5.15. The summed E-state index contributed by atoms with van der Waals surface area (Å²) in [5.41, 5.74) is 3.04. The van der Waals surface area contributed by atoms with Crippen LogP contribution in [0.4, 0.5) is 0 Å². The van der Waals surface area contributed by atoms with Crippen molar-refractivity contribution in [2.24, 2.45) is 13.0 Å². The van der Waals surface area contributed by atoms with Crippen LogP contribution in [0.5, 0.6) is 11.5 Å². The number of hydrogen-bond donors (Lipinski definition) is 2. The van der Waals surface area contributed by atoms with Gasteiger partial charge in [0.15, 0.2) is 11.5 Å². The largest absolute Gasteiger partial charge is 0.493 e. The van der Waals surface area contributed by atoms with Crippen LogP contribution in [-0.2, 0) is 24.8 Å². The molecule has 2 aromatic rings. The molecule has 0 aliphatic carbocycles. The van der Waals surface area contributed by atoms with Gasteiger partial charge in [0.1, 0.15) is 0 Å². The van der Waals surface area contributed by atoms with Crippen molar-refractivity contribution in [3.63, 3.8) is 0 Å². The molecule has 158 valence electrons. The molecule has 1 aliphatic heterocycles. The highest BCUT2D eigenvalue weighted by molar-refractivity contribution is 5.85. The standard InChI is InChI=1S/C21H28N4O3.ClH/c1-5-6-15-7-14(8-19(27-3)20(15)28-4)9-23-21(26)18-12-22-11-17(18)16-10-24-25(2)13-16;/h5,7-8,10,13,17-18,22H,1,6,9,11-12H2,2-4H3,(H,23,26);1H/t17-,18+;/m1./s1. The van der Waals surface area contributed by atoms with Crippen molar-refractivity contribution in [2.75, 3.05) is 27.3 Å². The number of aryl methyl sites for hydroxylation is 1. The smallest absolute Gasteiger partial charge is 0.225 e. The van der Waals surface area contributed by atoms with Gasteiger partial charge in [0.25, 0.3) is 0 Å². The zero-order valence-electron chi connectivity index (χ0n) is 17.1. The average Bonchev–Trinajstić information content (AvgIpc) is 3.34. The summed E-state index contributed by atoms with van der Waals surface area (Å²) in [7, 11) is 5.12. The van der Waals surface area contributed by atoms with Gasteiger partial charge in [-0.1, -0.05) is 6.08 Å². The van der Waals surface area contributed by atoms with Gasteiger partial charge < -0.3 is 20.1 Å². The van der Waals surface area contributed by atoms with E-state index in [1.54, 1.807) is 18.9 Å². The summed E-state index contributed by atoms with van der Waals surface area (Å²) in [6.45, 7) is 5.68. The monoisotopic (exact) mass is 420 g/mol. The third-order valence-corrected chi connectivity index (χ3v) is 5.15. The number of carbonyl (C=O) groups is 1. The van der Waals surface area contributed by atoms with E-state index >= 15 is 0 Å². The van der Waals surface area contributed by atoms with Crippen LogP contribution >= 0.6 is 12.4 Å². The molecule has 8 heteroatoms. The topological polar surface area (TPSA) is 77.4 Å². The number of ether oxygens (including phenoxy) is 2. The van der Waals surface area contributed by atoms with E-state index in [-0.39, 0.29) is 30.2 Å². The molecule has 1 amide bonds. The Morgan fingerprint density at radius 1 is 1.38 bits per heavy atom. The van der Waals surface area contributed by atoms with Gasteiger partial charge in [0.2, 0.25) is 5.91 Å². The summed E-state index contributed by atoms with van der Waals surface area (Å²) in [6, 6.07) is 3.92. The number of methoxy groups -OCH3 is 2. The van der Waals surface area contributed by atoms with Crippen LogP contribution in [0.3, 0.4) is 0 Å². The molecule has 1 fully saturated rings. The lowest BCUT2D eigenvalue weighted by Gasteiger charge is -2.18. The summed E-state index contributed by atoms with van der Waals surface area (Å²) in [6.07, 6.45) is 6.31. The van der Waals surface area contributed by atoms with Crippen molar-refractivity contribution >= 4 is 18.3 Å². The summed E-state index contributed by atoms with van der Waals surface area (Å²) < 4.78 is 12.7. The van der Waals surface area contributed by atoms with E-state index in [1.165, 1.54) is 0 Å². The van der Waals surface area contributed by atoms with E-state index < -0.39 is 0 Å².